The Morgan fingerprint density at radius 1 is 1.08 bits per heavy atom. The number of rotatable bonds is 7. The van der Waals surface area contributed by atoms with Gasteiger partial charge in [-0.05, 0) is 24.1 Å². The topological polar surface area (TPSA) is 80.9 Å². The van der Waals surface area contributed by atoms with Gasteiger partial charge >= 0.3 is 0 Å². The SMILES string of the molecule is O=C(CCCc1nc(-c2ccccn2)no1)NCc1ccccc1. The molecule has 0 aliphatic rings. The Balaban J connectivity index is 1.42. The summed E-state index contributed by atoms with van der Waals surface area (Å²) in [5.74, 6) is 1.01. The molecule has 6 heteroatoms. The first-order valence-electron chi connectivity index (χ1n) is 7.86. The highest BCUT2D eigenvalue weighted by atomic mass is 16.5. The van der Waals surface area contributed by atoms with E-state index in [1.54, 1.807) is 6.20 Å². The maximum absolute atomic E-state index is 11.8. The first kappa shape index (κ1) is 15.9. The summed E-state index contributed by atoms with van der Waals surface area (Å²) in [7, 11) is 0. The summed E-state index contributed by atoms with van der Waals surface area (Å²) >= 11 is 0. The van der Waals surface area contributed by atoms with Crippen molar-refractivity contribution in [3.63, 3.8) is 0 Å². The first-order chi connectivity index (χ1) is 11.8. The molecule has 0 aliphatic carbocycles. The molecule has 6 nitrogen and oxygen atoms in total. The molecule has 3 aromatic rings. The highest BCUT2D eigenvalue weighted by Gasteiger charge is 2.10. The van der Waals surface area contributed by atoms with Crippen molar-refractivity contribution in [2.24, 2.45) is 0 Å². The quantitative estimate of drug-likeness (QED) is 0.723. The second-order valence-electron chi connectivity index (χ2n) is 5.34. The summed E-state index contributed by atoms with van der Waals surface area (Å²) in [6, 6.07) is 15.4. The second-order valence-corrected chi connectivity index (χ2v) is 5.34. The number of benzene rings is 1. The molecule has 0 unspecified atom stereocenters. The van der Waals surface area contributed by atoms with E-state index in [1.807, 2.05) is 48.5 Å². The second kappa shape index (κ2) is 8.01. The Bertz CT molecular complexity index is 772. The number of nitrogens with one attached hydrogen (secondary N) is 1. The number of hydrogen-bond acceptors (Lipinski definition) is 5. The maximum atomic E-state index is 11.8. The zero-order chi connectivity index (χ0) is 16.6. The molecule has 1 aromatic carbocycles. The molecule has 0 saturated heterocycles. The lowest BCUT2D eigenvalue weighted by Crippen LogP contribution is -2.22. The van der Waals surface area contributed by atoms with Crippen LogP contribution >= 0.6 is 0 Å². The molecule has 1 amide bonds. The zero-order valence-corrected chi connectivity index (χ0v) is 13.2. The Hall–Kier alpha value is -3.02. The average Bonchev–Trinajstić information content (AvgIpc) is 3.11. The largest absolute Gasteiger partial charge is 0.352 e. The van der Waals surface area contributed by atoms with Gasteiger partial charge in [-0.1, -0.05) is 41.6 Å². The average molecular weight is 322 g/mol. The van der Waals surface area contributed by atoms with Crippen LogP contribution in [0.4, 0.5) is 0 Å². The van der Waals surface area contributed by atoms with Crippen LogP contribution in [0.5, 0.6) is 0 Å². The van der Waals surface area contributed by atoms with E-state index in [2.05, 4.69) is 20.4 Å². The van der Waals surface area contributed by atoms with Gasteiger partial charge in [-0.15, -0.1) is 0 Å². The van der Waals surface area contributed by atoms with E-state index in [4.69, 9.17) is 4.52 Å². The Morgan fingerprint density at radius 3 is 2.71 bits per heavy atom. The van der Waals surface area contributed by atoms with Crippen LogP contribution in [0.2, 0.25) is 0 Å². The third-order valence-corrected chi connectivity index (χ3v) is 3.49. The van der Waals surface area contributed by atoms with Crippen LogP contribution in [-0.2, 0) is 17.8 Å². The summed E-state index contributed by atoms with van der Waals surface area (Å²) < 4.78 is 5.20. The Labute approximate surface area is 139 Å². The van der Waals surface area contributed by atoms with E-state index in [0.29, 0.717) is 43.2 Å². The van der Waals surface area contributed by atoms with Gasteiger partial charge in [-0.2, -0.15) is 4.98 Å². The van der Waals surface area contributed by atoms with E-state index >= 15 is 0 Å². The van der Waals surface area contributed by atoms with Crippen LogP contribution in [0.3, 0.4) is 0 Å². The van der Waals surface area contributed by atoms with Crippen molar-refractivity contribution in [3.8, 4) is 11.5 Å². The number of amides is 1. The lowest BCUT2D eigenvalue weighted by atomic mass is 10.2. The molecule has 2 aromatic heterocycles. The number of nitrogens with zero attached hydrogens (tertiary/aromatic N) is 3. The van der Waals surface area contributed by atoms with Gasteiger partial charge in [-0.3, -0.25) is 9.78 Å². The molecule has 1 N–H and O–H groups in total. The van der Waals surface area contributed by atoms with E-state index in [9.17, 15) is 4.79 Å². The summed E-state index contributed by atoms with van der Waals surface area (Å²) in [6.07, 6.45) is 3.33. The van der Waals surface area contributed by atoms with Gasteiger partial charge in [0, 0.05) is 25.6 Å². The van der Waals surface area contributed by atoms with Crippen LogP contribution in [0.1, 0.15) is 24.3 Å². The molecule has 2 heterocycles. The van der Waals surface area contributed by atoms with Gasteiger partial charge in [0.1, 0.15) is 5.69 Å². The zero-order valence-electron chi connectivity index (χ0n) is 13.2. The van der Waals surface area contributed by atoms with E-state index in [1.165, 1.54) is 0 Å². The minimum Gasteiger partial charge on any atom is -0.352 e. The van der Waals surface area contributed by atoms with Crippen LogP contribution in [0, 0.1) is 0 Å². The van der Waals surface area contributed by atoms with Gasteiger partial charge in [0.25, 0.3) is 0 Å². The van der Waals surface area contributed by atoms with Crippen molar-refractivity contribution in [3.05, 3.63) is 66.2 Å². The molecule has 0 bridgehead atoms. The number of aromatic nitrogens is 3. The predicted molar refractivity (Wildman–Crippen MR) is 88.8 cm³/mol. The fraction of sp³-hybridized carbons (Fsp3) is 0.222. The van der Waals surface area contributed by atoms with E-state index in [0.717, 1.165) is 5.56 Å². The van der Waals surface area contributed by atoms with Crippen molar-refractivity contribution >= 4 is 5.91 Å². The minimum atomic E-state index is 0.0170. The number of carbonyl (C=O) groups is 1. The molecule has 0 aliphatic heterocycles. The summed E-state index contributed by atoms with van der Waals surface area (Å²) in [5.41, 5.74) is 1.76. The molecule has 24 heavy (non-hydrogen) atoms. The smallest absolute Gasteiger partial charge is 0.227 e. The summed E-state index contributed by atoms with van der Waals surface area (Å²) in [5, 5.41) is 6.81. The van der Waals surface area contributed by atoms with Gasteiger partial charge in [0.05, 0.1) is 0 Å². The number of hydrogen-bond donors (Lipinski definition) is 1. The van der Waals surface area contributed by atoms with Crippen molar-refractivity contribution < 1.29 is 9.32 Å². The number of pyridine rings is 1. The fourth-order valence-corrected chi connectivity index (χ4v) is 2.24. The molecule has 0 saturated carbocycles. The van der Waals surface area contributed by atoms with Gasteiger partial charge in [0.2, 0.25) is 17.6 Å². The van der Waals surface area contributed by atoms with Crippen molar-refractivity contribution in [1.29, 1.82) is 0 Å². The van der Waals surface area contributed by atoms with Crippen LogP contribution < -0.4 is 5.32 Å². The molecular weight excluding hydrogens is 304 g/mol. The number of carbonyl (C=O) groups excluding carboxylic acids is 1. The standard InChI is InChI=1S/C18H18N4O2/c23-16(20-13-14-7-2-1-3-8-14)10-6-11-17-21-18(22-24-17)15-9-4-5-12-19-15/h1-5,7-9,12H,6,10-11,13H2,(H,20,23). The molecule has 122 valence electrons. The van der Waals surface area contributed by atoms with Crippen molar-refractivity contribution in [2.45, 2.75) is 25.8 Å². The normalized spacial score (nSPS) is 10.5. The fourth-order valence-electron chi connectivity index (χ4n) is 2.24. The molecule has 0 spiro atoms. The number of aryl methyl sites for hydroxylation is 1. The van der Waals surface area contributed by atoms with Gasteiger partial charge < -0.3 is 9.84 Å². The highest BCUT2D eigenvalue weighted by Crippen LogP contribution is 2.13. The first-order valence-corrected chi connectivity index (χ1v) is 7.86. The maximum Gasteiger partial charge on any atom is 0.227 e. The molecular formula is C18H18N4O2. The lowest BCUT2D eigenvalue weighted by Gasteiger charge is -2.04. The highest BCUT2D eigenvalue weighted by molar-refractivity contribution is 5.75. The predicted octanol–water partition coefficient (Wildman–Crippen LogP) is 2.77. The van der Waals surface area contributed by atoms with E-state index < -0.39 is 0 Å². The summed E-state index contributed by atoms with van der Waals surface area (Å²) in [4.78, 5) is 20.3. The Morgan fingerprint density at radius 2 is 1.92 bits per heavy atom. The lowest BCUT2D eigenvalue weighted by molar-refractivity contribution is -0.121. The summed E-state index contributed by atoms with van der Waals surface area (Å²) in [6.45, 7) is 0.546. The molecule has 0 atom stereocenters. The Kier molecular flexibility index (Phi) is 5.29. The third kappa shape index (κ3) is 4.49. The van der Waals surface area contributed by atoms with E-state index in [-0.39, 0.29) is 5.91 Å². The molecule has 0 fully saturated rings. The van der Waals surface area contributed by atoms with Gasteiger partial charge in [0.15, 0.2) is 0 Å². The minimum absolute atomic E-state index is 0.0170. The van der Waals surface area contributed by atoms with Gasteiger partial charge in [-0.25, -0.2) is 0 Å². The van der Waals surface area contributed by atoms with Crippen molar-refractivity contribution in [1.82, 2.24) is 20.4 Å². The monoisotopic (exact) mass is 322 g/mol. The molecule has 0 radical (unpaired) electrons. The van der Waals surface area contributed by atoms with Crippen LogP contribution in [0.25, 0.3) is 11.5 Å². The third-order valence-electron chi connectivity index (χ3n) is 3.49. The van der Waals surface area contributed by atoms with Crippen LogP contribution in [0.15, 0.2) is 59.3 Å². The van der Waals surface area contributed by atoms with Crippen LogP contribution in [-0.4, -0.2) is 21.0 Å². The molecule has 3 rings (SSSR count). The van der Waals surface area contributed by atoms with Crippen molar-refractivity contribution in [2.75, 3.05) is 0 Å².